The van der Waals surface area contributed by atoms with Crippen LogP contribution in [0.15, 0.2) is 40.6 Å². The molecule has 6 nitrogen and oxygen atoms in total. The Morgan fingerprint density at radius 1 is 1.24 bits per heavy atom. The van der Waals surface area contributed by atoms with Gasteiger partial charge in [0.2, 0.25) is 0 Å². The highest BCUT2D eigenvalue weighted by Crippen LogP contribution is 2.33. The molecule has 1 N–H and O–H groups in total. The van der Waals surface area contributed by atoms with E-state index in [-0.39, 0.29) is 5.91 Å². The minimum Gasteiger partial charge on any atom is -0.297 e. The van der Waals surface area contributed by atoms with E-state index in [1.807, 2.05) is 42.8 Å². The quantitative estimate of drug-likeness (QED) is 0.423. The van der Waals surface area contributed by atoms with Crippen LogP contribution in [0.4, 0.5) is 5.13 Å². The highest BCUT2D eigenvalue weighted by atomic mass is 32.2. The molecular weight excluding hydrogens is 422 g/mol. The number of nitrogens with zero attached hydrogens (tertiary/aromatic N) is 4. The zero-order valence-electron chi connectivity index (χ0n) is 15.8. The van der Waals surface area contributed by atoms with Crippen molar-refractivity contribution < 1.29 is 4.79 Å². The molecule has 0 atom stereocenters. The Balaban J connectivity index is 1.56. The van der Waals surface area contributed by atoms with Crippen LogP contribution >= 0.6 is 34.4 Å². The van der Waals surface area contributed by atoms with E-state index in [0.29, 0.717) is 22.3 Å². The number of fused-ring (bicyclic) bond motifs is 1. The van der Waals surface area contributed by atoms with Crippen LogP contribution in [-0.2, 0) is 6.54 Å². The van der Waals surface area contributed by atoms with E-state index in [1.54, 1.807) is 0 Å². The van der Waals surface area contributed by atoms with E-state index in [2.05, 4.69) is 33.6 Å². The first-order valence-corrected chi connectivity index (χ1v) is 11.5. The van der Waals surface area contributed by atoms with Crippen LogP contribution in [0.25, 0.3) is 10.2 Å². The topological polar surface area (TPSA) is 83.6 Å². The summed E-state index contributed by atoms with van der Waals surface area (Å²) in [6.07, 6.45) is 0. The lowest BCUT2D eigenvalue weighted by molar-refractivity contribution is 0.103. The van der Waals surface area contributed by atoms with Crippen LogP contribution in [0.5, 0.6) is 0 Å². The van der Waals surface area contributed by atoms with Gasteiger partial charge in [0.15, 0.2) is 5.13 Å². The summed E-state index contributed by atoms with van der Waals surface area (Å²) in [5.41, 5.74) is 2.90. The van der Waals surface area contributed by atoms with Gasteiger partial charge in [0.25, 0.3) is 5.91 Å². The molecule has 0 saturated carbocycles. The third kappa shape index (κ3) is 4.19. The molecule has 0 fully saturated rings. The van der Waals surface area contributed by atoms with Gasteiger partial charge in [0.1, 0.15) is 4.83 Å². The zero-order chi connectivity index (χ0) is 20.4. The highest BCUT2D eigenvalue weighted by molar-refractivity contribution is 8.01. The number of hydrogen-bond donors (Lipinski definition) is 1. The van der Waals surface area contributed by atoms with Gasteiger partial charge in [-0.3, -0.25) is 14.8 Å². The molecule has 9 heteroatoms. The first kappa shape index (κ1) is 19.6. The zero-order valence-corrected chi connectivity index (χ0v) is 18.2. The van der Waals surface area contributed by atoms with E-state index in [0.717, 1.165) is 31.4 Å². The van der Waals surface area contributed by atoms with Gasteiger partial charge in [-0.25, -0.2) is 4.98 Å². The van der Waals surface area contributed by atoms with E-state index in [9.17, 15) is 4.79 Å². The summed E-state index contributed by atoms with van der Waals surface area (Å²) in [7, 11) is 0. The lowest BCUT2D eigenvalue weighted by Crippen LogP contribution is -2.09. The van der Waals surface area contributed by atoms with Crippen molar-refractivity contribution in [2.24, 2.45) is 0 Å². The number of rotatable bonds is 6. The molecule has 29 heavy (non-hydrogen) atoms. The fourth-order valence-corrected chi connectivity index (χ4v) is 5.77. The third-order valence-electron chi connectivity index (χ3n) is 4.25. The average Bonchev–Trinajstić information content (AvgIpc) is 3.37. The van der Waals surface area contributed by atoms with Crippen molar-refractivity contribution in [3.63, 3.8) is 0 Å². The molecular formula is C20H17N5OS3. The van der Waals surface area contributed by atoms with Crippen molar-refractivity contribution in [2.75, 3.05) is 11.1 Å². The van der Waals surface area contributed by atoms with E-state index < -0.39 is 0 Å². The number of hydrogen-bond acceptors (Lipinski definition) is 7. The fourth-order valence-electron chi connectivity index (χ4n) is 2.91. The molecule has 0 radical (unpaired) electrons. The second-order valence-corrected chi connectivity index (χ2v) is 9.62. The van der Waals surface area contributed by atoms with Crippen LogP contribution < -0.4 is 5.32 Å². The molecule has 1 amide bonds. The molecule has 1 aromatic carbocycles. The Morgan fingerprint density at radius 3 is 2.79 bits per heavy atom. The van der Waals surface area contributed by atoms with Gasteiger partial charge in [-0.1, -0.05) is 53.4 Å². The summed E-state index contributed by atoms with van der Waals surface area (Å²) in [4.78, 5) is 18.8. The molecule has 3 heterocycles. The number of thiazole rings is 1. The first-order valence-electron chi connectivity index (χ1n) is 8.84. The first-order chi connectivity index (χ1) is 14.0. The highest BCUT2D eigenvalue weighted by Gasteiger charge is 2.18. The van der Waals surface area contributed by atoms with Crippen LogP contribution in [-0.4, -0.2) is 26.4 Å². The second-order valence-electron chi connectivity index (χ2n) is 6.35. The molecule has 4 aromatic rings. The van der Waals surface area contributed by atoms with Crippen molar-refractivity contribution in [2.45, 2.75) is 24.6 Å². The number of thioether (sulfide) groups is 1. The Labute approximate surface area is 180 Å². The smallest absolute Gasteiger partial charge is 0.267 e. The minimum atomic E-state index is -0.178. The Bertz CT molecular complexity index is 1220. The maximum atomic E-state index is 12.8. The Hall–Kier alpha value is -2.67. The summed E-state index contributed by atoms with van der Waals surface area (Å²) in [5, 5.41) is 17.8. The van der Waals surface area contributed by atoms with Crippen LogP contribution in [0.3, 0.4) is 0 Å². The number of aryl methyl sites for hydroxylation is 2. The predicted molar refractivity (Wildman–Crippen MR) is 119 cm³/mol. The normalized spacial score (nSPS) is 10.9. The summed E-state index contributed by atoms with van der Waals surface area (Å²) >= 11 is 4.26. The molecule has 4 rings (SSSR count). The van der Waals surface area contributed by atoms with Gasteiger partial charge in [-0.05, 0) is 25.5 Å². The number of anilines is 1. The van der Waals surface area contributed by atoms with Gasteiger partial charge in [0.05, 0.1) is 38.8 Å². The molecule has 0 bridgehead atoms. The second kappa shape index (κ2) is 8.37. The summed E-state index contributed by atoms with van der Waals surface area (Å²) < 4.78 is 2.90. The van der Waals surface area contributed by atoms with Gasteiger partial charge < -0.3 is 0 Å². The molecule has 0 aliphatic carbocycles. The predicted octanol–water partition coefficient (Wildman–Crippen LogP) is 5.09. The van der Waals surface area contributed by atoms with Crippen molar-refractivity contribution in [3.05, 3.63) is 58.2 Å². The van der Waals surface area contributed by atoms with E-state index >= 15 is 0 Å². The lowest BCUT2D eigenvalue weighted by atomic mass is 10.2. The minimum absolute atomic E-state index is 0.178. The number of aromatic nitrogens is 3. The number of nitriles is 1. The van der Waals surface area contributed by atoms with Crippen LogP contribution in [0, 0.1) is 25.2 Å². The number of carbonyl (C=O) groups is 1. The summed E-state index contributed by atoms with van der Waals surface area (Å²) in [5.74, 6) is 0.187. The lowest BCUT2D eigenvalue weighted by Gasteiger charge is -2.02. The monoisotopic (exact) mass is 439 g/mol. The fraction of sp³-hybridized carbons (Fsp3) is 0.200. The number of benzene rings is 1. The maximum Gasteiger partial charge on any atom is 0.267 e. The van der Waals surface area contributed by atoms with E-state index in [4.69, 9.17) is 5.26 Å². The third-order valence-corrected chi connectivity index (χ3v) is 7.70. The molecule has 0 spiro atoms. The van der Waals surface area contributed by atoms with Gasteiger partial charge in [0, 0.05) is 5.39 Å². The number of carbonyl (C=O) groups excluding carboxylic acids is 1. The van der Waals surface area contributed by atoms with Crippen molar-refractivity contribution in [1.29, 1.82) is 5.26 Å². The van der Waals surface area contributed by atoms with Crippen molar-refractivity contribution >= 4 is 55.7 Å². The molecule has 0 aliphatic rings. The van der Waals surface area contributed by atoms with Crippen molar-refractivity contribution in [1.82, 2.24) is 14.8 Å². The maximum absolute atomic E-state index is 12.8. The van der Waals surface area contributed by atoms with Gasteiger partial charge in [-0.15, -0.1) is 11.3 Å². The van der Waals surface area contributed by atoms with Crippen LogP contribution in [0.1, 0.15) is 26.6 Å². The van der Waals surface area contributed by atoms with Gasteiger partial charge >= 0.3 is 0 Å². The summed E-state index contributed by atoms with van der Waals surface area (Å²) in [6.45, 7) is 4.51. The molecule has 0 saturated heterocycles. The van der Waals surface area contributed by atoms with Crippen molar-refractivity contribution in [3.8, 4) is 6.07 Å². The molecule has 0 aliphatic heterocycles. The number of thiophene rings is 1. The molecule has 0 unspecified atom stereocenters. The van der Waals surface area contributed by atoms with Crippen LogP contribution in [0.2, 0.25) is 0 Å². The standard InChI is InChI=1S/C20H17N5OS3/c1-12-15-10-16(17(26)23-20-22-13(2)19(29-20)27-9-8-21)28-18(15)25(24-12)11-14-6-4-3-5-7-14/h3-7,10H,9,11H2,1-2H3,(H,22,23,26). The molecule has 146 valence electrons. The van der Waals surface area contributed by atoms with E-state index in [1.165, 1.54) is 34.4 Å². The number of amides is 1. The largest absolute Gasteiger partial charge is 0.297 e. The Kier molecular flexibility index (Phi) is 5.67. The number of nitrogens with one attached hydrogen (secondary N) is 1. The molecule has 3 aromatic heterocycles. The average molecular weight is 440 g/mol. The van der Waals surface area contributed by atoms with Gasteiger partial charge in [-0.2, -0.15) is 10.4 Å². The summed E-state index contributed by atoms with van der Waals surface area (Å²) in [6, 6.07) is 14.1. The SMILES string of the molecule is Cc1nc(NC(=O)c2cc3c(C)nn(Cc4ccccc4)c3s2)sc1SCC#N. The Morgan fingerprint density at radius 2 is 2.03 bits per heavy atom.